The third-order valence-corrected chi connectivity index (χ3v) is 4.86. The highest BCUT2D eigenvalue weighted by Crippen LogP contribution is 2.21. The molecule has 0 aliphatic carbocycles. The molecule has 1 N–H and O–H groups in total. The second-order valence-electron chi connectivity index (χ2n) is 6.93. The van der Waals surface area contributed by atoms with Gasteiger partial charge in [0, 0.05) is 43.1 Å². The maximum Gasteiger partial charge on any atom is 0.321 e. The maximum atomic E-state index is 12.6. The SMILES string of the molecule is Cc1ccc(NC(=O)N2CCCN(c3nc(C)nc(C)c3C)CC2)cc1. The van der Waals surface area contributed by atoms with Gasteiger partial charge in [0.25, 0.3) is 0 Å². The van der Waals surface area contributed by atoms with E-state index in [2.05, 4.69) is 27.1 Å². The van der Waals surface area contributed by atoms with Crippen molar-refractivity contribution in [3.63, 3.8) is 0 Å². The van der Waals surface area contributed by atoms with Crippen molar-refractivity contribution in [1.82, 2.24) is 14.9 Å². The van der Waals surface area contributed by atoms with E-state index in [-0.39, 0.29) is 6.03 Å². The molecule has 1 aromatic carbocycles. The molecule has 0 bridgehead atoms. The molecule has 0 atom stereocenters. The smallest absolute Gasteiger partial charge is 0.321 e. The van der Waals surface area contributed by atoms with Crippen molar-refractivity contribution in [1.29, 1.82) is 0 Å². The molecule has 2 aromatic rings. The van der Waals surface area contributed by atoms with Gasteiger partial charge >= 0.3 is 6.03 Å². The summed E-state index contributed by atoms with van der Waals surface area (Å²) >= 11 is 0. The predicted molar refractivity (Wildman–Crippen MR) is 105 cm³/mol. The van der Waals surface area contributed by atoms with Gasteiger partial charge in [0.1, 0.15) is 11.6 Å². The summed E-state index contributed by atoms with van der Waals surface area (Å²) in [7, 11) is 0. The number of urea groups is 1. The van der Waals surface area contributed by atoms with E-state index in [0.717, 1.165) is 54.6 Å². The second kappa shape index (κ2) is 7.72. The van der Waals surface area contributed by atoms with E-state index in [9.17, 15) is 4.79 Å². The van der Waals surface area contributed by atoms with Gasteiger partial charge < -0.3 is 15.1 Å². The van der Waals surface area contributed by atoms with Crippen LogP contribution in [0, 0.1) is 27.7 Å². The molecule has 1 fully saturated rings. The zero-order valence-corrected chi connectivity index (χ0v) is 16.0. The molecule has 2 amide bonds. The molecule has 1 aliphatic heterocycles. The Morgan fingerprint density at radius 2 is 1.69 bits per heavy atom. The number of aryl methyl sites for hydroxylation is 3. The highest BCUT2D eigenvalue weighted by Gasteiger charge is 2.21. The molecule has 26 heavy (non-hydrogen) atoms. The molecular formula is C20H27N5O. The van der Waals surface area contributed by atoms with E-state index in [4.69, 9.17) is 0 Å². The molecule has 2 heterocycles. The largest absolute Gasteiger partial charge is 0.354 e. The normalized spacial score (nSPS) is 14.9. The Morgan fingerprint density at radius 3 is 2.42 bits per heavy atom. The molecular weight excluding hydrogens is 326 g/mol. The van der Waals surface area contributed by atoms with Gasteiger partial charge in [0.2, 0.25) is 0 Å². The summed E-state index contributed by atoms with van der Waals surface area (Å²) in [6.07, 6.45) is 0.919. The Labute approximate surface area is 155 Å². The Morgan fingerprint density at radius 1 is 0.962 bits per heavy atom. The Balaban J connectivity index is 1.66. The van der Waals surface area contributed by atoms with Gasteiger partial charge in [0.05, 0.1) is 0 Å². The van der Waals surface area contributed by atoms with Gasteiger partial charge in [0.15, 0.2) is 0 Å². The quantitative estimate of drug-likeness (QED) is 0.898. The van der Waals surface area contributed by atoms with Crippen LogP contribution in [0.2, 0.25) is 0 Å². The lowest BCUT2D eigenvalue weighted by atomic mass is 10.2. The minimum absolute atomic E-state index is 0.0394. The molecule has 6 heteroatoms. The molecule has 0 unspecified atom stereocenters. The number of anilines is 2. The first kappa shape index (κ1) is 18.2. The van der Waals surface area contributed by atoms with Gasteiger partial charge in [-0.1, -0.05) is 17.7 Å². The lowest BCUT2D eigenvalue weighted by Gasteiger charge is -2.25. The number of rotatable bonds is 2. The number of carbonyl (C=O) groups excluding carboxylic acids is 1. The third-order valence-electron chi connectivity index (χ3n) is 4.86. The van der Waals surface area contributed by atoms with Crippen LogP contribution in [0.3, 0.4) is 0 Å². The average molecular weight is 353 g/mol. The zero-order chi connectivity index (χ0) is 18.7. The van der Waals surface area contributed by atoms with Crippen molar-refractivity contribution < 1.29 is 4.79 Å². The van der Waals surface area contributed by atoms with Crippen LogP contribution in [0.25, 0.3) is 0 Å². The van der Waals surface area contributed by atoms with Crippen molar-refractivity contribution >= 4 is 17.5 Å². The first-order valence-corrected chi connectivity index (χ1v) is 9.13. The summed E-state index contributed by atoms with van der Waals surface area (Å²) < 4.78 is 0. The number of hydrogen-bond acceptors (Lipinski definition) is 4. The Kier molecular flexibility index (Phi) is 5.40. The first-order chi connectivity index (χ1) is 12.4. The summed E-state index contributed by atoms with van der Waals surface area (Å²) in [5.41, 5.74) is 4.15. The fraction of sp³-hybridized carbons (Fsp3) is 0.450. The maximum absolute atomic E-state index is 12.6. The Hall–Kier alpha value is -2.63. The zero-order valence-electron chi connectivity index (χ0n) is 16.0. The van der Waals surface area contributed by atoms with E-state index in [0.29, 0.717) is 6.54 Å². The summed E-state index contributed by atoms with van der Waals surface area (Å²) in [5, 5.41) is 2.99. The van der Waals surface area contributed by atoms with Gasteiger partial charge in [-0.3, -0.25) is 0 Å². The highest BCUT2D eigenvalue weighted by atomic mass is 16.2. The fourth-order valence-corrected chi connectivity index (χ4v) is 3.23. The van der Waals surface area contributed by atoms with Crippen LogP contribution in [0.15, 0.2) is 24.3 Å². The number of hydrogen-bond donors (Lipinski definition) is 1. The standard InChI is InChI=1S/C20H27N5O/c1-14-6-8-18(9-7-14)23-20(26)25-11-5-10-24(12-13-25)19-15(2)16(3)21-17(4)22-19/h6-9H,5,10-13H2,1-4H3,(H,23,26). The molecule has 3 rings (SSSR count). The van der Waals surface area contributed by atoms with Crippen molar-refractivity contribution in [2.24, 2.45) is 0 Å². The molecule has 0 saturated carbocycles. The fourth-order valence-electron chi connectivity index (χ4n) is 3.23. The van der Waals surface area contributed by atoms with E-state index in [1.54, 1.807) is 0 Å². The molecule has 0 spiro atoms. The minimum Gasteiger partial charge on any atom is -0.354 e. The number of nitrogens with one attached hydrogen (secondary N) is 1. The van der Waals surface area contributed by atoms with Crippen LogP contribution in [-0.2, 0) is 0 Å². The van der Waals surface area contributed by atoms with Crippen LogP contribution in [0.4, 0.5) is 16.3 Å². The number of benzene rings is 1. The molecule has 1 aliphatic rings. The van der Waals surface area contributed by atoms with Crippen molar-refractivity contribution in [3.05, 3.63) is 46.9 Å². The van der Waals surface area contributed by atoms with Gasteiger partial charge in [-0.05, 0) is 46.2 Å². The van der Waals surface area contributed by atoms with E-state index >= 15 is 0 Å². The Bertz CT molecular complexity index is 788. The topological polar surface area (TPSA) is 61.4 Å². The van der Waals surface area contributed by atoms with Crippen LogP contribution in [0.1, 0.15) is 29.1 Å². The van der Waals surface area contributed by atoms with Gasteiger partial charge in [-0.25, -0.2) is 14.8 Å². The number of nitrogens with zero attached hydrogens (tertiary/aromatic N) is 4. The molecule has 6 nitrogen and oxygen atoms in total. The van der Waals surface area contributed by atoms with Crippen molar-refractivity contribution in [2.75, 3.05) is 36.4 Å². The summed E-state index contributed by atoms with van der Waals surface area (Å²) in [6.45, 7) is 11.1. The third kappa shape index (κ3) is 4.12. The lowest BCUT2D eigenvalue weighted by molar-refractivity contribution is 0.215. The van der Waals surface area contributed by atoms with Gasteiger partial charge in [-0.15, -0.1) is 0 Å². The molecule has 0 radical (unpaired) electrons. The highest BCUT2D eigenvalue weighted by molar-refractivity contribution is 5.89. The second-order valence-corrected chi connectivity index (χ2v) is 6.93. The molecule has 138 valence electrons. The van der Waals surface area contributed by atoms with Crippen LogP contribution in [0.5, 0.6) is 0 Å². The average Bonchev–Trinajstić information content (AvgIpc) is 2.86. The number of carbonyl (C=O) groups is 1. The van der Waals surface area contributed by atoms with Gasteiger partial charge in [-0.2, -0.15) is 0 Å². The number of aromatic nitrogens is 2. The molecule has 1 aromatic heterocycles. The van der Waals surface area contributed by atoms with E-state index in [1.807, 2.05) is 49.9 Å². The van der Waals surface area contributed by atoms with E-state index < -0.39 is 0 Å². The minimum atomic E-state index is -0.0394. The monoisotopic (exact) mass is 353 g/mol. The van der Waals surface area contributed by atoms with E-state index in [1.165, 1.54) is 5.56 Å². The van der Waals surface area contributed by atoms with Crippen LogP contribution in [-0.4, -0.2) is 47.1 Å². The summed E-state index contributed by atoms with van der Waals surface area (Å²) in [6, 6.07) is 7.84. The van der Waals surface area contributed by atoms with Crippen molar-refractivity contribution in [2.45, 2.75) is 34.1 Å². The lowest BCUT2D eigenvalue weighted by Crippen LogP contribution is -2.38. The predicted octanol–water partition coefficient (Wildman–Crippen LogP) is 3.45. The molecule has 1 saturated heterocycles. The summed E-state index contributed by atoms with van der Waals surface area (Å²) in [5.74, 6) is 1.79. The van der Waals surface area contributed by atoms with Crippen LogP contribution < -0.4 is 10.2 Å². The van der Waals surface area contributed by atoms with Crippen LogP contribution >= 0.6 is 0 Å². The number of amides is 2. The summed E-state index contributed by atoms with van der Waals surface area (Å²) in [4.78, 5) is 25.8. The van der Waals surface area contributed by atoms with Crippen molar-refractivity contribution in [3.8, 4) is 0 Å². The first-order valence-electron chi connectivity index (χ1n) is 9.13.